The van der Waals surface area contributed by atoms with Crippen LogP contribution in [0.25, 0.3) is 0 Å². The zero-order chi connectivity index (χ0) is 28.4. The molecule has 6 nitrogen and oxygen atoms in total. The summed E-state index contributed by atoms with van der Waals surface area (Å²) in [4.78, 5) is 32.9. The van der Waals surface area contributed by atoms with Crippen molar-refractivity contribution in [3.05, 3.63) is 93.5 Å². The van der Waals surface area contributed by atoms with E-state index in [1.165, 1.54) is 5.56 Å². The molecule has 5 rings (SSSR count). The fourth-order valence-corrected chi connectivity index (χ4v) is 6.31. The van der Waals surface area contributed by atoms with Gasteiger partial charge in [0.25, 0.3) is 11.8 Å². The number of likely N-dealkylation sites (tertiary alicyclic amines) is 1. The molecule has 0 saturated carbocycles. The second-order valence-electron chi connectivity index (χ2n) is 11.4. The van der Waals surface area contributed by atoms with E-state index in [0.717, 1.165) is 53.8 Å². The third-order valence-corrected chi connectivity index (χ3v) is 8.57. The van der Waals surface area contributed by atoms with Crippen LogP contribution in [0, 0.1) is 19.8 Å². The number of para-hydroxylation sites is 1. The molecule has 3 aromatic carbocycles. The molecule has 2 heterocycles. The molecular formula is C33H38BrN3O3. The van der Waals surface area contributed by atoms with E-state index in [4.69, 9.17) is 4.74 Å². The highest BCUT2D eigenvalue weighted by molar-refractivity contribution is 9.10. The Balaban J connectivity index is 1.50. The Morgan fingerprint density at radius 1 is 1.00 bits per heavy atom. The molecule has 2 aliphatic heterocycles. The molecular weight excluding hydrogens is 566 g/mol. The number of rotatable bonds is 6. The Morgan fingerprint density at radius 2 is 1.68 bits per heavy atom. The molecule has 0 radical (unpaired) electrons. The van der Waals surface area contributed by atoms with Crippen molar-refractivity contribution < 1.29 is 14.3 Å². The average Bonchev–Trinajstić information content (AvgIpc) is 3.06. The van der Waals surface area contributed by atoms with E-state index in [2.05, 4.69) is 50.4 Å². The summed E-state index contributed by atoms with van der Waals surface area (Å²) in [5.74, 6) is 0.196. The number of carbonyl (C=O) groups is 2. The molecule has 210 valence electrons. The van der Waals surface area contributed by atoms with Crippen LogP contribution < -0.4 is 10.1 Å². The molecule has 2 unspecified atom stereocenters. The third kappa shape index (κ3) is 5.96. The minimum atomic E-state index is -0.812. The van der Waals surface area contributed by atoms with E-state index in [0.29, 0.717) is 11.3 Å². The minimum Gasteiger partial charge on any atom is -0.480 e. The quantitative estimate of drug-likeness (QED) is 0.342. The molecule has 40 heavy (non-hydrogen) atoms. The van der Waals surface area contributed by atoms with Crippen molar-refractivity contribution in [1.82, 2.24) is 9.80 Å². The number of nitrogens with zero attached hydrogens (tertiary/aromatic N) is 2. The topological polar surface area (TPSA) is 61.9 Å². The predicted molar refractivity (Wildman–Crippen MR) is 162 cm³/mol. The number of hydrogen-bond acceptors (Lipinski definition) is 4. The lowest BCUT2D eigenvalue weighted by Gasteiger charge is -2.42. The molecule has 7 heteroatoms. The normalized spacial score (nSPS) is 20.1. The summed E-state index contributed by atoms with van der Waals surface area (Å²) in [6, 6.07) is 21.2. The summed E-state index contributed by atoms with van der Waals surface area (Å²) >= 11 is 3.60. The van der Waals surface area contributed by atoms with Gasteiger partial charge in [-0.15, -0.1) is 0 Å². The second-order valence-corrected chi connectivity index (χ2v) is 12.3. The van der Waals surface area contributed by atoms with Crippen molar-refractivity contribution >= 4 is 33.4 Å². The van der Waals surface area contributed by atoms with E-state index < -0.39 is 12.1 Å². The van der Waals surface area contributed by atoms with Gasteiger partial charge in [-0.2, -0.15) is 0 Å². The number of fused-ring (bicyclic) bond motifs is 1. The summed E-state index contributed by atoms with van der Waals surface area (Å²) in [5.41, 5.74) is 4.76. The Morgan fingerprint density at radius 3 is 2.33 bits per heavy atom. The van der Waals surface area contributed by atoms with Gasteiger partial charge in [0.2, 0.25) is 0 Å². The molecule has 2 amide bonds. The average molecular weight is 605 g/mol. The van der Waals surface area contributed by atoms with Gasteiger partial charge in [-0.3, -0.25) is 14.5 Å². The Kier molecular flexibility index (Phi) is 8.62. The van der Waals surface area contributed by atoms with Crippen LogP contribution in [0.3, 0.4) is 0 Å². The monoisotopic (exact) mass is 603 g/mol. The number of aryl methyl sites for hydroxylation is 2. The van der Waals surface area contributed by atoms with Crippen LogP contribution in [0.4, 0.5) is 5.69 Å². The molecule has 1 N–H and O–H groups in total. The number of ether oxygens (including phenoxy) is 1. The first-order valence-corrected chi connectivity index (χ1v) is 14.9. The summed E-state index contributed by atoms with van der Waals surface area (Å²) in [5, 5.41) is 3.20. The first-order valence-electron chi connectivity index (χ1n) is 14.1. The lowest BCUT2D eigenvalue weighted by atomic mass is 9.95. The molecule has 1 saturated heterocycles. The Bertz CT molecular complexity index is 1350. The predicted octanol–water partition coefficient (Wildman–Crippen LogP) is 6.66. The molecule has 2 atom stereocenters. The van der Waals surface area contributed by atoms with Crippen LogP contribution in [0.5, 0.6) is 5.75 Å². The van der Waals surface area contributed by atoms with E-state index >= 15 is 0 Å². The van der Waals surface area contributed by atoms with Crippen molar-refractivity contribution in [1.29, 1.82) is 0 Å². The maximum atomic E-state index is 14.3. The van der Waals surface area contributed by atoms with Gasteiger partial charge >= 0.3 is 0 Å². The van der Waals surface area contributed by atoms with Gasteiger partial charge in [-0.05, 0) is 67.5 Å². The number of benzene rings is 3. The Hall–Kier alpha value is -3.16. The third-order valence-electron chi connectivity index (χ3n) is 8.08. The largest absolute Gasteiger partial charge is 0.480 e. The Labute approximate surface area is 245 Å². The van der Waals surface area contributed by atoms with Crippen molar-refractivity contribution in [2.45, 2.75) is 65.3 Å². The fraction of sp³-hybridized carbons (Fsp3) is 0.394. The standard InChI is InChI=1S/C33H38BrN3O3/c1-21(2)31-33(39)37(26-15-17-36(18-16-26)20-24-11-6-5-7-12-24)30(27-19-25(34)13-14-28(27)40-31)32(38)35-29-22(3)9-8-10-23(29)4/h5-14,19,21,26,30-31H,15-18,20H2,1-4H3,(H,35,38). The van der Waals surface area contributed by atoms with Gasteiger partial charge in [0.1, 0.15) is 11.8 Å². The molecule has 1 fully saturated rings. The van der Waals surface area contributed by atoms with E-state index in [1.807, 2.05) is 75.1 Å². The number of piperidine rings is 1. The number of hydrogen-bond donors (Lipinski definition) is 1. The summed E-state index contributed by atoms with van der Waals surface area (Å²) in [6.45, 7) is 10.6. The van der Waals surface area contributed by atoms with Gasteiger partial charge in [0, 0.05) is 41.4 Å². The summed E-state index contributed by atoms with van der Waals surface area (Å²) < 4.78 is 7.22. The van der Waals surface area contributed by atoms with Crippen molar-refractivity contribution in [3.63, 3.8) is 0 Å². The van der Waals surface area contributed by atoms with Crippen LogP contribution >= 0.6 is 15.9 Å². The van der Waals surface area contributed by atoms with Crippen molar-refractivity contribution in [2.24, 2.45) is 5.92 Å². The van der Waals surface area contributed by atoms with Crippen LogP contribution in [-0.2, 0) is 16.1 Å². The highest BCUT2D eigenvalue weighted by Gasteiger charge is 2.45. The number of anilines is 1. The zero-order valence-corrected chi connectivity index (χ0v) is 25.3. The molecule has 3 aromatic rings. The van der Waals surface area contributed by atoms with Gasteiger partial charge in [0.15, 0.2) is 6.10 Å². The number of carbonyl (C=O) groups excluding carboxylic acids is 2. The lowest BCUT2D eigenvalue weighted by molar-refractivity contribution is -0.149. The minimum absolute atomic E-state index is 0.0508. The van der Waals surface area contributed by atoms with Crippen LogP contribution in [0.2, 0.25) is 0 Å². The van der Waals surface area contributed by atoms with Gasteiger partial charge in [0.05, 0.1) is 0 Å². The van der Waals surface area contributed by atoms with E-state index in [-0.39, 0.29) is 23.8 Å². The van der Waals surface area contributed by atoms with Crippen LogP contribution in [0.15, 0.2) is 71.2 Å². The lowest BCUT2D eigenvalue weighted by Crippen LogP contribution is -2.54. The molecule has 0 spiro atoms. The van der Waals surface area contributed by atoms with Gasteiger partial charge in [-0.1, -0.05) is 78.3 Å². The second kappa shape index (κ2) is 12.1. The SMILES string of the molecule is Cc1cccc(C)c1NC(=O)C1c2cc(Br)ccc2OC(C(C)C)C(=O)N1C1CCN(Cc2ccccc2)CC1. The highest BCUT2D eigenvalue weighted by atomic mass is 79.9. The molecule has 0 bridgehead atoms. The van der Waals surface area contributed by atoms with Gasteiger partial charge < -0.3 is 15.0 Å². The fourth-order valence-electron chi connectivity index (χ4n) is 5.93. The van der Waals surface area contributed by atoms with E-state index in [9.17, 15) is 9.59 Å². The number of halogens is 1. The van der Waals surface area contributed by atoms with Crippen molar-refractivity contribution in [2.75, 3.05) is 18.4 Å². The van der Waals surface area contributed by atoms with Crippen molar-refractivity contribution in [3.8, 4) is 5.75 Å². The first kappa shape index (κ1) is 28.4. The highest BCUT2D eigenvalue weighted by Crippen LogP contribution is 2.41. The molecule has 0 aliphatic carbocycles. The maximum absolute atomic E-state index is 14.3. The first-order chi connectivity index (χ1) is 19.2. The maximum Gasteiger partial charge on any atom is 0.265 e. The van der Waals surface area contributed by atoms with Crippen LogP contribution in [-0.4, -0.2) is 46.8 Å². The number of amides is 2. The van der Waals surface area contributed by atoms with Crippen LogP contribution in [0.1, 0.15) is 55.0 Å². The van der Waals surface area contributed by atoms with Gasteiger partial charge in [-0.25, -0.2) is 0 Å². The molecule has 0 aromatic heterocycles. The number of nitrogens with one attached hydrogen (secondary N) is 1. The zero-order valence-electron chi connectivity index (χ0n) is 23.7. The molecule has 2 aliphatic rings. The summed E-state index contributed by atoms with van der Waals surface area (Å²) in [6.07, 6.45) is 0.917. The smallest absolute Gasteiger partial charge is 0.265 e. The van der Waals surface area contributed by atoms with E-state index in [1.54, 1.807) is 0 Å². The summed E-state index contributed by atoms with van der Waals surface area (Å²) in [7, 11) is 0.